The van der Waals surface area contributed by atoms with Gasteiger partial charge in [0.15, 0.2) is 11.7 Å². The molecular formula is C22H19N3O6S. The molecule has 2 aromatic carbocycles. The summed E-state index contributed by atoms with van der Waals surface area (Å²) in [4.78, 5) is 43.0. The summed E-state index contributed by atoms with van der Waals surface area (Å²) in [6.07, 6.45) is -0.760. The first-order chi connectivity index (χ1) is 15.5. The van der Waals surface area contributed by atoms with E-state index in [9.17, 15) is 14.4 Å². The normalized spacial score (nSPS) is 12.0. The molecule has 1 aliphatic rings. The minimum atomic E-state index is -1.20. The number of hydrogen-bond acceptors (Lipinski definition) is 7. The molecular weight excluding hydrogens is 434 g/mol. The van der Waals surface area contributed by atoms with Gasteiger partial charge in [0, 0.05) is 11.3 Å². The summed E-state index contributed by atoms with van der Waals surface area (Å²) in [6, 6.07) is 16.1. The van der Waals surface area contributed by atoms with Crippen LogP contribution in [0.4, 0.5) is 9.93 Å². The maximum atomic E-state index is 12.3. The van der Waals surface area contributed by atoms with Crippen LogP contribution in [-0.4, -0.2) is 41.3 Å². The highest BCUT2D eigenvalue weighted by atomic mass is 32.1. The summed E-state index contributed by atoms with van der Waals surface area (Å²) in [5.74, 6) is -1.80. The summed E-state index contributed by atoms with van der Waals surface area (Å²) in [5.41, 5.74) is 6.95. The number of nitrogens with zero attached hydrogens (tertiary/aromatic N) is 1. The van der Waals surface area contributed by atoms with E-state index < -0.39 is 24.6 Å². The highest BCUT2D eigenvalue weighted by Gasteiger charge is 2.29. The summed E-state index contributed by atoms with van der Waals surface area (Å²) >= 11 is 1.15. The standard InChI is InChI=1S/C22H19N3O6S/c26-19(25-31-11-20(27)28)9-13-12-32-21(23-13)24-22(29)30-10-18-16-7-3-1-5-14(16)15-6-2-4-8-17(15)18/h1-8,12,18H,9-11H2,(H,25,26)(H,27,28)(H,23,24,29). The molecule has 0 radical (unpaired) electrons. The Balaban J connectivity index is 1.31. The van der Waals surface area contributed by atoms with Crippen molar-refractivity contribution >= 4 is 34.4 Å². The molecule has 1 aliphatic carbocycles. The fourth-order valence-electron chi connectivity index (χ4n) is 3.55. The number of anilines is 1. The molecule has 3 aromatic rings. The van der Waals surface area contributed by atoms with Gasteiger partial charge in [-0.3, -0.25) is 14.9 Å². The van der Waals surface area contributed by atoms with Gasteiger partial charge in [-0.1, -0.05) is 48.5 Å². The average molecular weight is 453 g/mol. The fourth-order valence-corrected chi connectivity index (χ4v) is 4.24. The number of aromatic nitrogens is 1. The van der Waals surface area contributed by atoms with Gasteiger partial charge in [-0.2, -0.15) is 0 Å². The number of amides is 2. The van der Waals surface area contributed by atoms with E-state index in [4.69, 9.17) is 9.84 Å². The van der Waals surface area contributed by atoms with Crippen LogP contribution in [0.1, 0.15) is 22.7 Å². The SMILES string of the molecule is O=C(O)CONC(=O)Cc1csc(NC(=O)OCC2c3ccccc3-c3ccccc32)n1. The third-order valence-electron chi connectivity index (χ3n) is 4.83. The Hall–Kier alpha value is -3.76. The molecule has 9 nitrogen and oxygen atoms in total. The van der Waals surface area contributed by atoms with E-state index in [-0.39, 0.29) is 24.1 Å². The smallest absolute Gasteiger partial charge is 0.413 e. The van der Waals surface area contributed by atoms with Crippen molar-refractivity contribution < 1.29 is 29.1 Å². The molecule has 1 aromatic heterocycles. The van der Waals surface area contributed by atoms with Crippen LogP contribution in [-0.2, 0) is 25.6 Å². The van der Waals surface area contributed by atoms with Gasteiger partial charge in [0.1, 0.15) is 6.61 Å². The van der Waals surface area contributed by atoms with Crippen LogP contribution in [0.5, 0.6) is 0 Å². The summed E-state index contributed by atoms with van der Waals surface area (Å²) < 4.78 is 5.47. The van der Waals surface area contributed by atoms with Gasteiger partial charge in [0.25, 0.3) is 0 Å². The van der Waals surface area contributed by atoms with Crippen molar-refractivity contribution in [3.63, 3.8) is 0 Å². The zero-order chi connectivity index (χ0) is 22.5. The van der Waals surface area contributed by atoms with Gasteiger partial charge in [0.05, 0.1) is 12.1 Å². The lowest BCUT2D eigenvalue weighted by Crippen LogP contribution is -2.28. The van der Waals surface area contributed by atoms with Crippen LogP contribution in [0.15, 0.2) is 53.9 Å². The highest BCUT2D eigenvalue weighted by molar-refractivity contribution is 7.13. The molecule has 0 fully saturated rings. The first-order valence-corrected chi connectivity index (χ1v) is 10.6. The van der Waals surface area contributed by atoms with Crippen molar-refractivity contribution in [1.29, 1.82) is 0 Å². The zero-order valence-corrected chi connectivity index (χ0v) is 17.6. The number of carbonyl (C=O) groups excluding carboxylic acids is 2. The van der Waals surface area contributed by atoms with Gasteiger partial charge in [-0.05, 0) is 22.3 Å². The average Bonchev–Trinajstić information content (AvgIpc) is 3.34. The number of aliphatic carboxylic acids is 1. The Morgan fingerprint density at radius 1 is 1.03 bits per heavy atom. The molecule has 164 valence electrons. The second-order valence-corrected chi connectivity index (χ2v) is 7.84. The Bertz CT molecular complexity index is 1120. The van der Waals surface area contributed by atoms with Gasteiger partial charge in [-0.25, -0.2) is 20.1 Å². The number of nitrogens with one attached hydrogen (secondary N) is 2. The van der Waals surface area contributed by atoms with Crippen LogP contribution in [0.3, 0.4) is 0 Å². The van der Waals surface area contributed by atoms with Gasteiger partial charge in [0.2, 0.25) is 5.91 Å². The number of hydrogen-bond donors (Lipinski definition) is 3. The number of thiazole rings is 1. The molecule has 3 N–H and O–H groups in total. The van der Waals surface area contributed by atoms with Crippen molar-refractivity contribution in [3.05, 3.63) is 70.7 Å². The minimum Gasteiger partial charge on any atom is -0.479 e. The Morgan fingerprint density at radius 2 is 1.69 bits per heavy atom. The molecule has 0 saturated carbocycles. The van der Waals surface area contributed by atoms with E-state index in [0.717, 1.165) is 33.6 Å². The second kappa shape index (κ2) is 9.58. The van der Waals surface area contributed by atoms with Crippen molar-refractivity contribution in [1.82, 2.24) is 10.5 Å². The highest BCUT2D eigenvalue weighted by Crippen LogP contribution is 2.44. The lowest BCUT2D eigenvalue weighted by Gasteiger charge is -2.14. The molecule has 0 unspecified atom stereocenters. The number of carbonyl (C=O) groups is 3. The molecule has 0 bridgehead atoms. The molecule has 0 spiro atoms. The predicted octanol–water partition coefficient (Wildman–Crippen LogP) is 3.18. The monoisotopic (exact) mass is 453 g/mol. The lowest BCUT2D eigenvalue weighted by molar-refractivity contribution is -0.149. The number of carboxylic acids is 1. The molecule has 4 rings (SSSR count). The maximum absolute atomic E-state index is 12.3. The minimum absolute atomic E-state index is 0.0468. The first-order valence-electron chi connectivity index (χ1n) is 9.70. The Morgan fingerprint density at radius 3 is 2.34 bits per heavy atom. The zero-order valence-electron chi connectivity index (χ0n) is 16.7. The van der Waals surface area contributed by atoms with Crippen molar-refractivity contribution in [2.75, 3.05) is 18.5 Å². The lowest BCUT2D eigenvalue weighted by atomic mass is 9.98. The maximum Gasteiger partial charge on any atom is 0.413 e. The van der Waals surface area contributed by atoms with Gasteiger partial charge in [-0.15, -0.1) is 11.3 Å². The van der Waals surface area contributed by atoms with Crippen LogP contribution >= 0.6 is 11.3 Å². The van der Waals surface area contributed by atoms with E-state index in [0.29, 0.717) is 5.69 Å². The Labute approximate surface area is 187 Å². The van der Waals surface area contributed by atoms with E-state index in [1.54, 1.807) is 5.38 Å². The number of benzene rings is 2. The number of carboxylic acid groups (broad SMARTS) is 1. The van der Waals surface area contributed by atoms with E-state index in [2.05, 4.69) is 27.3 Å². The van der Waals surface area contributed by atoms with E-state index >= 15 is 0 Å². The fraction of sp³-hybridized carbons (Fsp3) is 0.182. The van der Waals surface area contributed by atoms with E-state index in [1.165, 1.54) is 0 Å². The third kappa shape index (κ3) is 4.93. The topological polar surface area (TPSA) is 127 Å². The summed E-state index contributed by atoms with van der Waals surface area (Å²) in [5, 5.41) is 12.9. The Kier molecular flexibility index (Phi) is 6.43. The number of rotatable bonds is 8. The van der Waals surface area contributed by atoms with Crippen molar-refractivity contribution in [2.45, 2.75) is 12.3 Å². The van der Waals surface area contributed by atoms with Crippen LogP contribution in [0, 0.1) is 0 Å². The molecule has 32 heavy (non-hydrogen) atoms. The van der Waals surface area contributed by atoms with Gasteiger partial charge >= 0.3 is 12.1 Å². The van der Waals surface area contributed by atoms with Gasteiger partial charge < -0.3 is 9.84 Å². The van der Waals surface area contributed by atoms with E-state index in [1.807, 2.05) is 41.9 Å². The predicted molar refractivity (Wildman–Crippen MR) is 116 cm³/mol. The quantitative estimate of drug-likeness (QED) is 0.447. The number of ether oxygens (including phenoxy) is 1. The molecule has 2 amide bonds. The number of fused-ring (bicyclic) bond motifs is 3. The molecule has 0 atom stereocenters. The summed E-state index contributed by atoms with van der Waals surface area (Å²) in [6.45, 7) is -0.460. The number of hydroxylamine groups is 1. The molecule has 1 heterocycles. The molecule has 10 heteroatoms. The molecule has 0 saturated heterocycles. The van der Waals surface area contributed by atoms with Crippen LogP contribution in [0.2, 0.25) is 0 Å². The summed E-state index contributed by atoms with van der Waals surface area (Å²) in [7, 11) is 0. The second-order valence-electron chi connectivity index (χ2n) is 6.98. The van der Waals surface area contributed by atoms with Crippen LogP contribution < -0.4 is 10.8 Å². The van der Waals surface area contributed by atoms with Crippen molar-refractivity contribution in [3.8, 4) is 11.1 Å². The van der Waals surface area contributed by atoms with Crippen molar-refractivity contribution in [2.24, 2.45) is 0 Å². The third-order valence-corrected chi connectivity index (χ3v) is 5.63. The largest absolute Gasteiger partial charge is 0.479 e. The molecule has 0 aliphatic heterocycles. The van der Waals surface area contributed by atoms with Crippen LogP contribution in [0.25, 0.3) is 11.1 Å². The first kappa shape index (κ1) is 21.5.